The van der Waals surface area contributed by atoms with Gasteiger partial charge in [-0.1, -0.05) is 23.7 Å². The van der Waals surface area contributed by atoms with Crippen molar-refractivity contribution in [2.45, 2.75) is 17.9 Å². The first-order valence-electron chi connectivity index (χ1n) is 7.69. The van der Waals surface area contributed by atoms with E-state index in [4.69, 9.17) is 11.6 Å². The fourth-order valence-corrected chi connectivity index (χ4v) is 4.06. The van der Waals surface area contributed by atoms with E-state index in [2.05, 4.69) is 10.1 Å². The molecule has 0 saturated carbocycles. The average molecular weight is 395 g/mol. The van der Waals surface area contributed by atoms with Gasteiger partial charge in [0.1, 0.15) is 23.4 Å². The van der Waals surface area contributed by atoms with Crippen molar-refractivity contribution in [3.8, 4) is 5.69 Å². The minimum absolute atomic E-state index is 0.140. The molecule has 0 aliphatic carbocycles. The van der Waals surface area contributed by atoms with Crippen molar-refractivity contribution < 1.29 is 12.8 Å². The van der Waals surface area contributed by atoms with Gasteiger partial charge in [-0.2, -0.15) is 9.40 Å². The lowest BCUT2D eigenvalue weighted by atomic mass is 10.1. The Bertz CT molecular complexity index is 1010. The summed E-state index contributed by atoms with van der Waals surface area (Å²) in [5.74, 6) is -0.877. The molecule has 136 valence electrons. The Morgan fingerprint density at radius 3 is 2.46 bits per heavy atom. The lowest BCUT2D eigenvalue weighted by Crippen LogP contribution is -2.30. The Morgan fingerprint density at radius 2 is 1.88 bits per heavy atom. The van der Waals surface area contributed by atoms with E-state index in [9.17, 15) is 12.8 Å². The van der Waals surface area contributed by atoms with Crippen LogP contribution in [0.4, 0.5) is 4.39 Å². The van der Waals surface area contributed by atoms with Gasteiger partial charge in [-0.3, -0.25) is 0 Å². The van der Waals surface area contributed by atoms with Crippen molar-refractivity contribution in [2.75, 3.05) is 7.05 Å². The Morgan fingerprint density at radius 1 is 1.19 bits per heavy atom. The highest BCUT2D eigenvalue weighted by atomic mass is 35.5. The number of nitrogens with zero attached hydrogens (tertiary/aromatic N) is 4. The van der Waals surface area contributed by atoms with Gasteiger partial charge < -0.3 is 0 Å². The number of halogens is 2. The predicted octanol–water partition coefficient (Wildman–Crippen LogP) is 3.44. The average Bonchev–Trinajstić information content (AvgIpc) is 3.15. The minimum Gasteiger partial charge on any atom is -0.223 e. The van der Waals surface area contributed by atoms with Gasteiger partial charge in [-0.05, 0) is 42.8 Å². The van der Waals surface area contributed by atoms with Gasteiger partial charge in [0.2, 0.25) is 10.0 Å². The number of hydrogen-bond donors (Lipinski definition) is 0. The summed E-state index contributed by atoms with van der Waals surface area (Å²) in [6, 6.07) is 10.2. The summed E-state index contributed by atoms with van der Waals surface area (Å²) in [7, 11) is -2.60. The van der Waals surface area contributed by atoms with Crippen molar-refractivity contribution in [3.05, 3.63) is 71.5 Å². The van der Waals surface area contributed by atoms with Crippen molar-refractivity contribution in [1.29, 1.82) is 0 Å². The molecule has 3 aromatic rings. The maximum absolute atomic E-state index is 14.1. The largest absolute Gasteiger partial charge is 0.246 e. The fraction of sp³-hybridized carbons (Fsp3) is 0.176. The summed E-state index contributed by atoms with van der Waals surface area (Å²) in [6.45, 7) is 1.73. The number of aromatic nitrogens is 3. The highest BCUT2D eigenvalue weighted by Gasteiger charge is 2.29. The molecule has 0 saturated heterocycles. The molecule has 1 atom stereocenters. The second-order valence-corrected chi connectivity index (χ2v) is 8.11. The molecule has 0 radical (unpaired) electrons. The molecule has 1 unspecified atom stereocenters. The van der Waals surface area contributed by atoms with E-state index in [0.717, 1.165) is 21.6 Å². The molecule has 0 spiro atoms. The number of benzene rings is 2. The quantitative estimate of drug-likeness (QED) is 0.664. The Balaban J connectivity index is 1.87. The van der Waals surface area contributed by atoms with Crippen molar-refractivity contribution in [1.82, 2.24) is 19.1 Å². The van der Waals surface area contributed by atoms with E-state index in [0.29, 0.717) is 0 Å². The van der Waals surface area contributed by atoms with Crippen molar-refractivity contribution in [3.63, 3.8) is 0 Å². The number of sulfonamides is 1. The van der Waals surface area contributed by atoms with Gasteiger partial charge in [0.25, 0.3) is 0 Å². The molecule has 0 bridgehead atoms. The molecule has 0 aliphatic rings. The van der Waals surface area contributed by atoms with E-state index in [-0.39, 0.29) is 5.02 Å². The Hall–Kier alpha value is -2.29. The van der Waals surface area contributed by atoms with Gasteiger partial charge in [0.05, 0.1) is 5.69 Å². The topological polar surface area (TPSA) is 68.1 Å². The smallest absolute Gasteiger partial charge is 0.223 e. The molecule has 1 heterocycles. The zero-order valence-electron chi connectivity index (χ0n) is 14.0. The first-order valence-corrected chi connectivity index (χ1v) is 9.50. The van der Waals surface area contributed by atoms with Crippen LogP contribution in [-0.2, 0) is 10.0 Å². The molecule has 9 heteroatoms. The molecule has 0 N–H and O–H groups in total. The van der Waals surface area contributed by atoms with E-state index >= 15 is 0 Å². The van der Waals surface area contributed by atoms with Crippen molar-refractivity contribution >= 4 is 21.6 Å². The van der Waals surface area contributed by atoms with Crippen LogP contribution in [0, 0.1) is 5.82 Å². The normalized spacial score (nSPS) is 13.1. The molecule has 0 amide bonds. The van der Waals surface area contributed by atoms with Crippen LogP contribution < -0.4 is 0 Å². The van der Waals surface area contributed by atoms with Crippen LogP contribution in [0.5, 0.6) is 0 Å². The fourth-order valence-electron chi connectivity index (χ4n) is 2.50. The van der Waals surface area contributed by atoms with E-state index in [1.165, 1.54) is 25.5 Å². The van der Waals surface area contributed by atoms with Gasteiger partial charge in [0, 0.05) is 18.1 Å². The lowest BCUT2D eigenvalue weighted by molar-refractivity contribution is 0.395. The standard InChI is InChI=1S/C17H16ClFN4O2S/c1-12(13-3-6-15(7-4-13)23-11-20-10-21-23)22(2)26(24,25)17-8-5-14(18)9-16(17)19/h3-12H,1-2H3. The second kappa shape index (κ2) is 7.14. The van der Waals surface area contributed by atoms with Crippen LogP contribution in [0.25, 0.3) is 5.69 Å². The minimum atomic E-state index is -4.01. The highest BCUT2D eigenvalue weighted by molar-refractivity contribution is 7.89. The van der Waals surface area contributed by atoms with Crippen LogP contribution in [0.3, 0.4) is 0 Å². The first-order chi connectivity index (χ1) is 12.3. The molecular weight excluding hydrogens is 379 g/mol. The number of hydrogen-bond acceptors (Lipinski definition) is 4. The first kappa shape index (κ1) is 18.5. The molecule has 2 aromatic carbocycles. The highest BCUT2D eigenvalue weighted by Crippen LogP contribution is 2.28. The summed E-state index contributed by atoms with van der Waals surface area (Å²) in [5.41, 5.74) is 1.56. The molecular formula is C17H16ClFN4O2S. The van der Waals surface area contributed by atoms with Crippen LogP contribution >= 0.6 is 11.6 Å². The van der Waals surface area contributed by atoms with Crippen molar-refractivity contribution in [2.24, 2.45) is 0 Å². The van der Waals surface area contributed by atoms with Gasteiger partial charge >= 0.3 is 0 Å². The summed E-state index contributed by atoms with van der Waals surface area (Å²) in [5, 5.41) is 4.18. The molecule has 3 rings (SSSR count). The molecule has 0 fully saturated rings. The second-order valence-electron chi connectivity index (χ2n) is 5.70. The van der Waals surface area contributed by atoms with Crippen LogP contribution in [0.15, 0.2) is 60.0 Å². The third-order valence-corrected chi connectivity index (χ3v) is 6.35. The molecule has 6 nitrogen and oxygen atoms in total. The maximum atomic E-state index is 14.1. The third kappa shape index (κ3) is 3.48. The monoisotopic (exact) mass is 394 g/mol. The van der Waals surface area contributed by atoms with Gasteiger partial charge in [-0.15, -0.1) is 0 Å². The van der Waals surface area contributed by atoms with Gasteiger partial charge in [-0.25, -0.2) is 22.5 Å². The molecule has 1 aromatic heterocycles. The molecule has 26 heavy (non-hydrogen) atoms. The summed E-state index contributed by atoms with van der Waals surface area (Å²) in [4.78, 5) is 3.48. The van der Waals surface area contributed by atoms with E-state index in [1.54, 1.807) is 30.1 Å². The van der Waals surface area contributed by atoms with Crippen LogP contribution in [0.1, 0.15) is 18.5 Å². The number of rotatable bonds is 5. The van der Waals surface area contributed by atoms with E-state index in [1.807, 2.05) is 12.1 Å². The van der Waals surface area contributed by atoms with Crippen LogP contribution in [-0.4, -0.2) is 34.5 Å². The maximum Gasteiger partial charge on any atom is 0.246 e. The summed E-state index contributed by atoms with van der Waals surface area (Å²) < 4.78 is 42.3. The predicted molar refractivity (Wildman–Crippen MR) is 96.1 cm³/mol. The summed E-state index contributed by atoms with van der Waals surface area (Å²) in [6.07, 6.45) is 3.00. The zero-order valence-corrected chi connectivity index (χ0v) is 15.6. The third-order valence-electron chi connectivity index (χ3n) is 4.16. The van der Waals surface area contributed by atoms with Crippen LogP contribution in [0.2, 0.25) is 5.02 Å². The Kier molecular flexibility index (Phi) is 5.08. The van der Waals surface area contributed by atoms with E-state index < -0.39 is 26.8 Å². The Labute approximate surface area is 155 Å². The molecule has 0 aliphatic heterocycles. The lowest BCUT2D eigenvalue weighted by Gasteiger charge is -2.25. The van der Waals surface area contributed by atoms with Gasteiger partial charge in [0.15, 0.2) is 0 Å². The SMILES string of the molecule is CC(c1ccc(-n2cncn2)cc1)N(C)S(=O)(=O)c1ccc(Cl)cc1F. The zero-order chi connectivity index (χ0) is 18.9. The summed E-state index contributed by atoms with van der Waals surface area (Å²) >= 11 is 5.70.